The first-order valence-electron chi connectivity index (χ1n) is 12.3. The molecule has 1 aromatic carbocycles. The first-order chi connectivity index (χ1) is 16.7. The standard InChI is InChI=1S/C27H34F4O2.C2H4/c1-16(24(28)25(29)17(2)33-3)4-5-18-6-8-19(9-7-18)22-14-15-23(27(31)26(22)30)20-10-12-21(32)13-11-20;1-2/h14-15,18-21,32H,1-2,4-13H2,3H3;1-2H2/b25-24-;. The number of allylic oxidation sites excluding steroid dienone is 3. The van der Waals surface area contributed by atoms with E-state index in [0.717, 1.165) is 25.7 Å². The highest BCUT2D eigenvalue weighted by Gasteiger charge is 2.29. The van der Waals surface area contributed by atoms with E-state index in [0.29, 0.717) is 55.6 Å². The molecule has 2 fully saturated rings. The fraction of sp³-hybridized carbons (Fsp3) is 0.517. The zero-order chi connectivity index (χ0) is 26.1. The van der Waals surface area contributed by atoms with E-state index >= 15 is 0 Å². The van der Waals surface area contributed by atoms with E-state index in [1.807, 2.05) is 0 Å². The summed E-state index contributed by atoms with van der Waals surface area (Å²) in [6, 6.07) is 3.46. The van der Waals surface area contributed by atoms with Crippen LogP contribution in [0.3, 0.4) is 0 Å². The van der Waals surface area contributed by atoms with Crippen molar-refractivity contribution in [2.45, 2.75) is 82.1 Å². The summed E-state index contributed by atoms with van der Waals surface area (Å²) in [6.45, 7) is 12.9. The minimum absolute atomic E-state index is 0.0406. The third-order valence-electron chi connectivity index (χ3n) is 7.41. The van der Waals surface area contributed by atoms with Crippen molar-refractivity contribution in [1.29, 1.82) is 0 Å². The predicted molar refractivity (Wildman–Crippen MR) is 133 cm³/mol. The minimum Gasteiger partial charge on any atom is -0.494 e. The minimum atomic E-state index is -1.13. The van der Waals surface area contributed by atoms with E-state index in [-0.39, 0.29) is 29.3 Å². The van der Waals surface area contributed by atoms with E-state index in [1.165, 1.54) is 7.11 Å². The second-order valence-electron chi connectivity index (χ2n) is 9.49. The van der Waals surface area contributed by atoms with Crippen LogP contribution in [0.4, 0.5) is 17.6 Å². The first kappa shape index (κ1) is 28.9. The maximum Gasteiger partial charge on any atom is 0.200 e. The number of hydrogen-bond donors (Lipinski definition) is 1. The van der Waals surface area contributed by atoms with E-state index in [4.69, 9.17) is 0 Å². The Morgan fingerprint density at radius 1 is 0.857 bits per heavy atom. The molecule has 2 saturated carbocycles. The SMILES string of the molecule is C=C.C=C(CCC1CCC(c2ccc(C3CCC(O)CC3)c(F)c2F)CC1)/C(F)=C(/F)C(=C)OC. The Bertz CT molecular complexity index is 908. The van der Waals surface area contributed by atoms with Gasteiger partial charge in [0.15, 0.2) is 23.3 Å². The van der Waals surface area contributed by atoms with Gasteiger partial charge in [-0.3, -0.25) is 0 Å². The molecule has 0 heterocycles. The Morgan fingerprint density at radius 3 is 1.77 bits per heavy atom. The van der Waals surface area contributed by atoms with Crippen molar-refractivity contribution in [2.75, 3.05) is 7.11 Å². The van der Waals surface area contributed by atoms with Gasteiger partial charge in [-0.05, 0) is 98.7 Å². The zero-order valence-corrected chi connectivity index (χ0v) is 20.7. The summed E-state index contributed by atoms with van der Waals surface area (Å²) in [4.78, 5) is 0. The molecular weight excluding hydrogens is 456 g/mol. The highest BCUT2D eigenvalue weighted by Crippen LogP contribution is 2.42. The molecule has 2 aliphatic carbocycles. The van der Waals surface area contributed by atoms with Gasteiger partial charge in [0.05, 0.1) is 13.2 Å². The molecular formula is C29H38F4O2. The molecule has 0 atom stereocenters. The van der Waals surface area contributed by atoms with Crippen LogP contribution in [0.1, 0.15) is 87.2 Å². The van der Waals surface area contributed by atoms with Crippen molar-refractivity contribution in [3.8, 4) is 0 Å². The number of halogens is 4. The highest BCUT2D eigenvalue weighted by atomic mass is 19.2. The van der Waals surface area contributed by atoms with Gasteiger partial charge in [0.1, 0.15) is 5.76 Å². The van der Waals surface area contributed by atoms with Crippen LogP contribution in [-0.4, -0.2) is 18.3 Å². The average molecular weight is 495 g/mol. The van der Waals surface area contributed by atoms with Crippen molar-refractivity contribution in [1.82, 2.24) is 0 Å². The lowest BCUT2D eigenvalue weighted by molar-refractivity contribution is 0.122. The molecule has 2 aliphatic rings. The fourth-order valence-electron chi connectivity index (χ4n) is 5.21. The molecule has 0 amide bonds. The number of benzene rings is 1. The van der Waals surface area contributed by atoms with Gasteiger partial charge in [-0.2, -0.15) is 4.39 Å². The number of aliphatic hydroxyl groups excluding tert-OH is 1. The smallest absolute Gasteiger partial charge is 0.200 e. The molecule has 1 aromatic rings. The average Bonchev–Trinajstić information content (AvgIpc) is 2.89. The molecule has 0 aliphatic heterocycles. The molecule has 0 radical (unpaired) electrons. The molecule has 194 valence electrons. The third kappa shape index (κ3) is 7.33. The normalized spacial score (nSPS) is 25.1. The Morgan fingerprint density at radius 2 is 1.31 bits per heavy atom. The maximum absolute atomic E-state index is 15.0. The van der Waals surface area contributed by atoms with Crippen LogP contribution in [0.2, 0.25) is 0 Å². The Balaban J connectivity index is 0.00000210. The Labute approximate surface area is 207 Å². The van der Waals surface area contributed by atoms with Crippen LogP contribution >= 0.6 is 0 Å². The van der Waals surface area contributed by atoms with Crippen LogP contribution in [0.15, 0.2) is 61.4 Å². The lowest BCUT2D eigenvalue weighted by Crippen LogP contribution is -2.19. The summed E-state index contributed by atoms with van der Waals surface area (Å²) in [5.41, 5.74) is 0.935. The summed E-state index contributed by atoms with van der Waals surface area (Å²) in [5.74, 6) is -3.78. The monoisotopic (exact) mass is 494 g/mol. The molecule has 2 nitrogen and oxygen atoms in total. The quantitative estimate of drug-likeness (QED) is 0.169. The second-order valence-corrected chi connectivity index (χ2v) is 9.49. The third-order valence-corrected chi connectivity index (χ3v) is 7.41. The van der Waals surface area contributed by atoms with Crippen molar-refractivity contribution < 1.29 is 27.4 Å². The highest BCUT2D eigenvalue weighted by molar-refractivity contribution is 5.33. The van der Waals surface area contributed by atoms with E-state index in [1.54, 1.807) is 12.1 Å². The second kappa shape index (κ2) is 13.7. The van der Waals surface area contributed by atoms with Gasteiger partial charge < -0.3 is 9.84 Å². The lowest BCUT2D eigenvalue weighted by atomic mass is 9.76. The lowest BCUT2D eigenvalue weighted by Gasteiger charge is -2.30. The van der Waals surface area contributed by atoms with Crippen molar-refractivity contribution in [3.63, 3.8) is 0 Å². The van der Waals surface area contributed by atoms with E-state index < -0.39 is 23.3 Å². The summed E-state index contributed by atoms with van der Waals surface area (Å²) in [5, 5.41) is 9.67. The van der Waals surface area contributed by atoms with Gasteiger partial charge in [0.2, 0.25) is 0 Å². The first-order valence-corrected chi connectivity index (χ1v) is 12.3. The molecule has 35 heavy (non-hydrogen) atoms. The van der Waals surface area contributed by atoms with E-state index in [2.05, 4.69) is 31.1 Å². The molecule has 0 aromatic heterocycles. The Hall–Kier alpha value is -2.34. The summed E-state index contributed by atoms with van der Waals surface area (Å²) < 4.78 is 62.4. The summed E-state index contributed by atoms with van der Waals surface area (Å²) in [7, 11) is 1.22. The van der Waals surface area contributed by atoms with Crippen LogP contribution < -0.4 is 0 Å². The van der Waals surface area contributed by atoms with Crippen LogP contribution in [0.5, 0.6) is 0 Å². The molecule has 0 unspecified atom stereocenters. The summed E-state index contributed by atoms with van der Waals surface area (Å²) in [6.07, 6.45) is 6.34. The van der Waals surface area contributed by atoms with Gasteiger partial charge in [-0.25, -0.2) is 13.2 Å². The molecule has 3 rings (SSSR count). The number of hydrogen-bond acceptors (Lipinski definition) is 2. The largest absolute Gasteiger partial charge is 0.494 e. The van der Waals surface area contributed by atoms with Gasteiger partial charge >= 0.3 is 0 Å². The topological polar surface area (TPSA) is 29.5 Å². The predicted octanol–water partition coefficient (Wildman–Crippen LogP) is 8.71. The van der Waals surface area contributed by atoms with Crippen molar-refractivity contribution in [2.24, 2.45) is 5.92 Å². The van der Waals surface area contributed by atoms with Gasteiger partial charge in [-0.15, -0.1) is 13.2 Å². The van der Waals surface area contributed by atoms with Crippen LogP contribution in [-0.2, 0) is 4.74 Å². The molecule has 0 spiro atoms. The number of ether oxygens (including phenoxy) is 1. The molecule has 0 bridgehead atoms. The van der Waals surface area contributed by atoms with Crippen molar-refractivity contribution >= 4 is 0 Å². The number of methoxy groups -OCH3 is 1. The van der Waals surface area contributed by atoms with Gasteiger partial charge in [0.25, 0.3) is 0 Å². The summed E-state index contributed by atoms with van der Waals surface area (Å²) >= 11 is 0. The van der Waals surface area contributed by atoms with Crippen molar-refractivity contribution in [3.05, 3.63) is 84.2 Å². The molecule has 1 N–H and O–H groups in total. The van der Waals surface area contributed by atoms with Crippen LogP contribution in [0, 0.1) is 17.6 Å². The number of rotatable bonds is 8. The zero-order valence-electron chi connectivity index (χ0n) is 20.7. The number of aliphatic hydroxyl groups is 1. The van der Waals surface area contributed by atoms with Gasteiger partial charge in [0, 0.05) is 0 Å². The molecule has 0 saturated heterocycles. The molecule has 6 heteroatoms. The fourth-order valence-corrected chi connectivity index (χ4v) is 5.21. The van der Waals surface area contributed by atoms with Crippen LogP contribution in [0.25, 0.3) is 0 Å². The maximum atomic E-state index is 15.0. The van der Waals surface area contributed by atoms with Gasteiger partial charge in [-0.1, -0.05) is 25.3 Å². The Kier molecular flexibility index (Phi) is 11.3. The van der Waals surface area contributed by atoms with E-state index in [9.17, 15) is 22.7 Å².